The predicted molar refractivity (Wildman–Crippen MR) is 73.5 cm³/mol. The van der Waals surface area contributed by atoms with Crippen LogP contribution in [-0.4, -0.2) is 28.7 Å². The maximum Gasteiger partial charge on any atom is 0.257 e. The Bertz CT molecular complexity index is 422. The second-order valence-electron chi connectivity index (χ2n) is 4.61. The summed E-state index contributed by atoms with van der Waals surface area (Å²) in [5, 5.41) is 0.874. The van der Waals surface area contributed by atoms with Crippen LogP contribution in [0.3, 0.4) is 0 Å². The van der Waals surface area contributed by atoms with E-state index in [1.807, 2.05) is 4.90 Å². The van der Waals surface area contributed by atoms with Gasteiger partial charge in [-0.3, -0.25) is 4.79 Å². The highest BCUT2D eigenvalue weighted by atomic mass is 79.9. The van der Waals surface area contributed by atoms with Gasteiger partial charge in [-0.2, -0.15) is 0 Å². The van der Waals surface area contributed by atoms with E-state index >= 15 is 0 Å². The summed E-state index contributed by atoms with van der Waals surface area (Å²) in [6.45, 7) is 0.741. The molecule has 2 nitrogen and oxygen atoms in total. The number of likely N-dealkylation sites (tertiary alicyclic amines) is 1. The minimum Gasteiger partial charge on any atom is -0.336 e. The predicted octanol–water partition coefficient (Wildman–Crippen LogP) is 3.61. The van der Waals surface area contributed by atoms with E-state index in [2.05, 4.69) is 15.9 Å². The number of carbonyl (C=O) groups is 1. The van der Waals surface area contributed by atoms with Crippen LogP contribution >= 0.6 is 15.9 Å². The zero-order valence-electron chi connectivity index (χ0n) is 10.2. The molecular weight excluding hydrogens is 297 g/mol. The van der Waals surface area contributed by atoms with Crippen molar-refractivity contribution in [3.8, 4) is 0 Å². The van der Waals surface area contributed by atoms with E-state index in [1.165, 1.54) is 6.07 Å². The Morgan fingerprint density at radius 3 is 2.89 bits per heavy atom. The number of nitrogens with zero attached hydrogens (tertiary/aromatic N) is 1. The topological polar surface area (TPSA) is 20.3 Å². The number of alkyl halides is 1. The molecule has 0 radical (unpaired) electrons. The summed E-state index contributed by atoms with van der Waals surface area (Å²) in [6, 6.07) is 6.47. The van der Waals surface area contributed by atoms with Gasteiger partial charge in [0.15, 0.2) is 0 Å². The van der Waals surface area contributed by atoms with E-state index in [1.54, 1.807) is 18.2 Å². The fraction of sp³-hybridized carbons (Fsp3) is 0.500. The fourth-order valence-corrected chi connectivity index (χ4v) is 3.01. The number of rotatable bonds is 3. The Kier molecular flexibility index (Phi) is 4.75. The Morgan fingerprint density at radius 1 is 1.39 bits per heavy atom. The van der Waals surface area contributed by atoms with Crippen LogP contribution in [0, 0.1) is 5.82 Å². The van der Waals surface area contributed by atoms with Crippen molar-refractivity contribution in [3.05, 3.63) is 35.6 Å². The van der Waals surface area contributed by atoms with Gasteiger partial charge in [0.05, 0.1) is 5.56 Å². The minimum atomic E-state index is -0.425. The summed E-state index contributed by atoms with van der Waals surface area (Å²) in [4.78, 5) is 14.2. The van der Waals surface area contributed by atoms with E-state index in [9.17, 15) is 9.18 Å². The quantitative estimate of drug-likeness (QED) is 0.781. The smallest absolute Gasteiger partial charge is 0.257 e. The Morgan fingerprint density at radius 2 is 2.17 bits per heavy atom. The minimum absolute atomic E-state index is 0.168. The average Bonchev–Trinajstić information content (AvgIpc) is 2.40. The third kappa shape index (κ3) is 2.91. The van der Waals surface area contributed by atoms with Crippen LogP contribution in [0.25, 0.3) is 0 Å². The van der Waals surface area contributed by atoms with E-state index in [0.29, 0.717) is 0 Å². The highest BCUT2D eigenvalue weighted by Gasteiger charge is 2.28. The van der Waals surface area contributed by atoms with E-state index < -0.39 is 5.82 Å². The molecule has 1 aromatic rings. The van der Waals surface area contributed by atoms with Gasteiger partial charge >= 0.3 is 0 Å². The SMILES string of the molecule is O=C(c1ccccc1F)N1CCCCC1CCBr. The monoisotopic (exact) mass is 313 g/mol. The van der Waals surface area contributed by atoms with Crippen LogP contribution in [-0.2, 0) is 0 Å². The summed E-state index contributed by atoms with van der Waals surface area (Å²) in [5.41, 5.74) is 0.193. The number of hydrogen-bond acceptors (Lipinski definition) is 1. The summed E-state index contributed by atoms with van der Waals surface area (Å²) >= 11 is 3.42. The summed E-state index contributed by atoms with van der Waals surface area (Å²) in [5.74, 6) is -0.593. The molecule has 1 atom stereocenters. The fourth-order valence-electron chi connectivity index (χ4n) is 2.48. The maximum atomic E-state index is 13.7. The number of amides is 1. The van der Waals surface area contributed by atoms with Gasteiger partial charge in [-0.05, 0) is 37.8 Å². The molecule has 1 fully saturated rings. The highest BCUT2D eigenvalue weighted by Crippen LogP contribution is 2.23. The molecule has 1 aliphatic rings. The van der Waals surface area contributed by atoms with Gasteiger partial charge in [0, 0.05) is 17.9 Å². The molecule has 18 heavy (non-hydrogen) atoms. The molecule has 1 unspecified atom stereocenters. The lowest BCUT2D eigenvalue weighted by Gasteiger charge is -2.35. The molecule has 1 amide bonds. The van der Waals surface area contributed by atoms with Crippen molar-refractivity contribution in [2.24, 2.45) is 0 Å². The second kappa shape index (κ2) is 6.32. The Hall–Kier alpha value is -0.900. The van der Waals surface area contributed by atoms with E-state index in [0.717, 1.165) is 37.6 Å². The van der Waals surface area contributed by atoms with Gasteiger partial charge in [-0.15, -0.1) is 0 Å². The molecule has 1 saturated heterocycles. The molecule has 0 aliphatic carbocycles. The summed E-state index contributed by atoms with van der Waals surface area (Å²) < 4.78 is 13.7. The first-order valence-corrected chi connectivity index (χ1v) is 7.47. The van der Waals surface area contributed by atoms with E-state index in [-0.39, 0.29) is 17.5 Å². The Labute approximate surface area is 115 Å². The van der Waals surface area contributed by atoms with Crippen molar-refractivity contribution in [1.82, 2.24) is 4.90 Å². The van der Waals surface area contributed by atoms with Gasteiger partial charge in [-0.25, -0.2) is 4.39 Å². The number of benzene rings is 1. The number of halogens is 2. The molecule has 1 aromatic carbocycles. The van der Waals surface area contributed by atoms with Crippen LogP contribution in [0.2, 0.25) is 0 Å². The van der Waals surface area contributed by atoms with Crippen molar-refractivity contribution in [3.63, 3.8) is 0 Å². The summed E-state index contributed by atoms with van der Waals surface area (Å²) in [7, 11) is 0. The molecule has 2 rings (SSSR count). The first-order valence-electron chi connectivity index (χ1n) is 6.35. The third-order valence-electron chi connectivity index (χ3n) is 3.43. The third-order valence-corrected chi connectivity index (χ3v) is 3.89. The average molecular weight is 314 g/mol. The number of carbonyl (C=O) groups excluding carboxylic acids is 1. The van der Waals surface area contributed by atoms with Crippen molar-refractivity contribution in [2.75, 3.05) is 11.9 Å². The molecule has 0 saturated carbocycles. The molecule has 98 valence electrons. The lowest BCUT2D eigenvalue weighted by Crippen LogP contribution is -2.44. The Balaban J connectivity index is 2.18. The zero-order valence-corrected chi connectivity index (χ0v) is 11.8. The van der Waals surface area contributed by atoms with Crippen LogP contribution in [0.15, 0.2) is 24.3 Å². The molecule has 1 aliphatic heterocycles. The second-order valence-corrected chi connectivity index (χ2v) is 5.40. The van der Waals surface area contributed by atoms with Crippen LogP contribution in [0.5, 0.6) is 0 Å². The van der Waals surface area contributed by atoms with Gasteiger partial charge in [0.2, 0.25) is 0 Å². The standard InChI is InChI=1S/C14H17BrFNO/c15-9-8-11-5-3-4-10-17(11)14(18)12-6-1-2-7-13(12)16/h1-2,6-7,11H,3-5,8-10H2. The lowest BCUT2D eigenvalue weighted by atomic mass is 9.99. The van der Waals surface area contributed by atoms with Crippen molar-refractivity contribution < 1.29 is 9.18 Å². The molecule has 0 N–H and O–H groups in total. The van der Waals surface area contributed by atoms with Crippen LogP contribution < -0.4 is 0 Å². The first kappa shape index (κ1) is 13.5. The normalized spacial score (nSPS) is 19.9. The lowest BCUT2D eigenvalue weighted by molar-refractivity contribution is 0.0605. The van der Waals surface area contributed by atoms with Gasteiger partial charge in [0.25, 0.3) is 5.91 Å². The molecule has 0 spiro atoms. The van der Waals surface area contributed by atoms with E-state index in [4.69, 9.17) is 0 Å². The maximum absolute atomic E-state index is 13.7. The molecular formula is C14H17BrFNO. The van der Waals surface area contributed by atoms with Gasteiger partial charge < -0.3 is 4.90 Å². The van der Waals surface area contributed by atoms with Crippen molar-refractivity contribution in [2.45, 2.75) is 31.7 Å². The number of piperidine rings is 1. The molecule has 1 heterocycles. The van der Waals surface area contributed by atoms with Crippen molar-refractivity contribution in [1.29, 1.82) is 0 Å². The van der Waals surface area contributed by atoms with Crippen LogP contribution in [0.1, 0.15) is 36.0 Å². The van der Waals surface area contributed by atoms with Gasteiger partial charge in [-0.1, -0.05) is 28.1 Å². The first-order chi connectivity index (χ1) is 8.74. The zero-order chi connectivity index (χ0) is 13.0. The number of hydrogen-bond donors (Lipinski definition) is 0. The molecule has 0 bridgehead atoms. The molecule has 4 heteroatoms. The largest absolute Gasteiger partial charge is 0.336 e. The molecule has 0 aromatic heterocycles. The summed E-state index contributed by atoms with van der Waals surface area (Å²) in [6.07, 6.45) is 4.11. The van der Waals surface area contributed by atoms with Gasteiger partial charge in [0.1, 0.15) is 5.82 Å². The van der Waals surface area contributed by atoms with Crippen LogP contribution in [0.4, 0.5) is 4.39 Å². The van der Waals surface area contributed by atoms with Crippen molar-refractivity contribution >= 4 is 21.8 Å². The highest BCUT2D eigenvalue weighted by molar-refractivity contribution is 9.09.